The fourth-order valence-electron chi connectivity index (χ4n) is 2.09. The maximum Gasteiger partial charge on any atom is 0.323 e. The first kappa shape index (κ1) is 12.1. The standard InChI is InChI=1S/C14H19NO2/c1-3-11-4-6-12(7-5-11)10(2)15-13-8-9-17-14(13)16/h4-7,10,13,15H,3,8-9H2,1-2H3. The van der Waals surface area contributed by atoms with Gasteiger partial charge >= 0.3 is 5.97 Å². The van der Waals surface area contributed by atoms with Gasteiger partial charge in [0.1, 0.15) is 6.04 Å². The number of benzene rings is 1. The number of rotatable bonds is 4. The van der Waals surface area contributed by atoms with E-state index in [1.807, 2.05) is 0 Å². The third-order valence-electron chi connectivity index (χ3n) is 3.27. The van der Waals surface area contributed by atoms with E-state index in [0.29, 0.717) is 6.61 Å². The van der Waals surface area contributed by atoms with Crippen LogP contribution in [0.15, 0.2) is 24.3 Å². The fraction of sp³-hybridized carbons (Fsp3) is 0.500. The number of nitrogens with one attached hydrogen (secondary N) is 1. The molecule has 0 aromatic heterocycles. The molecule has 0 spiro atoms. The van der Waals surface area contributed by atoms with Crippen LogP contribution >= 0.6 is 0 Å². The molecule has 0 radical (unpaired) electrons. The minimum Gasteiger partial charge on any atom is -0.464 e. The molecule has 0 aliphatic carbocycles. The Morgan fingerprint density at radius 2 is 2.12 bits per heavy atom. The molecule has 3 nitrogen and oxygen atoms in total. The zero-order chi connectivity index (χ0) is 12.3. The number of carbonyl (C=O) groups is 1. The quantitative estimate of drug-likeness (QED) is 0.810. The van der Waals surface area contributed by atoms with E-state index in [1.54, 1.807) is 0 Å². The van der Waals surface area contributed by atoms with Gasteiger partial charge in [0.2, 0.25) is 0 Å². The number of hydrogen-bond donors (Lipinski definition) is 1. The lowest BCUT2D eigenvalue weighted by Crippen LogP contribution is -2.35. The van der Waals surface area contributed by atoms with E-state index in [0.717, 1.165) is 12.8 Å². The number of carbonyl (C=O) groups excluding carboxylic acids is 1. The molecule has 2 unspecified atom stereocenters. The normalized spacial score (nSPS) is 21.3. The Morgan fingerprint density at radius 3 is 2.65 bits per heavy atom. The average Bonchev–Trinajstić information content (AvgIpc) is 2.75. The predicted octanol–water partition coefficient (Wildman–Crippen LogP) is 2.22. The van der Waals surface area contributed by atoms with Crippen LogP contribution in [0.2, 0.25) is 0 Å². The first-order chi connectivity index (χ1) is 8.20. The lowest BCUT2D eigenvalue weighted by Gasteiger charge is -2.17. The Bertz CT molecular complexity index is 386. The van der Waals surface area contributed by atoms with Crippen LogP contribution in [0.25, 0.3) is 0 Å². The first-order valence-electron chi connectivity index (χ1n) is 6.22. The van der Waals surface area contributed by atoms with Crippen molar-refractivity contribution in [1.29, 1.82) is 0 Å². The van der Waals surface area contributed by atoms with E-state index in [4.69, 9.17) is 4.74 Å². The lowest BCUT2D eigenvalue weighted by molar-refractivity contribution is -0.139. The van der Waals surface area contributed by atoms with Crippen molar-refractivity contribution in [2.45, 2.75) is 38.8 Å². The summed E-state index contributed by atoms with van der Waals surface area (Å²) >= 11 is 0. The van der Waals surface area contributed by atoms with E-state index >= 15 is 0 Å². The molecule has 0 amide bonds. The number of aryl methyl sites for hydroxylation is 1. The first-order valence-corrected chi connectivity index (χ1v) is 6.22. The molecule has 0 saturated carbocycles. The molecule has 3 heteroatoms. The zero-order valence-corrected chi connectivity index (χ0v) is 10.4. The molecule has 0 bridgehead atoms. The molecule has 17 heavy (non-hydrogen) atoms. The molecule has 1 aliphatic heterocycles. The second-order valence-electron chi connectivity index (χ2n) is 4.49. The predicted molar refractivity (Wildman–Crippen MR) is 66.7 cm³/mol. The van der Waals surface area contributed by atoms with Gasteiger partial charge in [0.25, 0.3) is 0 Å². The van der Waals surface area contributed by atoms with Crippen LogP contribution in [-0.2, 0) is 16.0 Å². The summed E-state index contributed by atoms with van der Waals surface area (Å²) in [6, 6.07) is 8.56. The molecule has 2 rings (SSSR count). The Labute approximate surface area is 102 Å². The van der Waals surface area contributed by atoms with Crippen molar-refractivity contribution in [3.05, 3.63) is 35.4 Å². The summed E-state index contributed by atoms with van der Waals surface area (Å²) in [5.41, 5.74) is 2.54. The van der Waals surface area contributed by atoms with Gasteiger partial charge in [-0.2, -0.15) is 0 Å². The van der Waals surface area contributed by atoms with E-state index in [1.165, 1.54) is 11.1 Å². The Balaban J connectivity index is 1.98. The van der Waals surface area contributed by atoms with Crippen molar-refractivity contribution < 1.29 is 9.53 Å². The summed E-state index contributed by atoms with van der Waals surface area (Å²) in [6.07, 6.45) is 1.83. The molecule has 1 aliphatic rings. The molecule has 1 heterocycles. The molecule has 1 fully saturated rings. The minimum absolute atomic E-state index is 0.123. The fourth-order valence-corrected chi connectivity index (χ4v) is 2.09. The van der Waals surface area contributed by atoms with E-state index in [9.17, 15) is 4.79 Å². The number of hydrogen-bond acceptors (Lipinski definition) is 3. The topological polar surface area (TPSA) is 38.3 Å². The molecular formula is C14H19NO2. The zero-order valence-electron chi connectivity index (χ0n) is 10.4. The van der Waals surface area contributed by atoms with Gasteiger partial charge in [0.05, 0.1) is 6.61 Å². The largest absolute Gasteiger partial charge is 0.464 e. The average molecular weight is 233 g/mol. The highest BCUT2D eigenvalue weighted by Crippen LogP contribution is 2.17. The van der Waals surface area contributed by atoms with Gasteiger partial charge in [0, 0.05) is 12.5 Å². The molecule has 1 saturated heterocycles. The highest BCUT2D eigenvalue weighted by molar-refractivity contribution is 5.77. The van der Waals surface area contributed by atoms with Crippen molar-refractivity contribution in [2.24, 2.45) is 0 Å². The lowest BCUT2D eigenvalue weighted by atomic mass is 10.0. The maximum atomic E-state index is 11.4. The summed E-state index contributed by atoms with van der Waals surface area (Å²) in [4.78, 5) is 11.4. The maximum absolute atomic E-state index is 11.4. The van der Waals surface area contributed by atoms with Crippen molar-refractivity contribution in [3.63, 3.8) is 0 Å². The van der Waals surface area contributed by atoms with Gasteiger partial charge in [-0.25, -0.2) is 0 Å². The third kappa shape index (κ3) is 2.86. The molecule has 1 N–H and O–H groups in total. The van der Waals surface area contributed by atoms with Crippen LogP contribution in [0.5, 0.6) is 0 Å². The van der Waals surface area contributed by atoms with E-state index in [2.05, 4.69) is 43.4 Å². The highest BCUT2D eigenvalue weighted by atomic mass is 16.5. The molecule has 1 aromatic rings. The Hall–Kier alpha value is -1.35. The summed E-state index contributed by atoms with van der Waals surface area (Å²) in [7, 11) is 0. The summed E-state index contributed by atoms with van der Waals surface area (Å²) in [5, 5.41) is 3.31. The Morgan fingerprint density at radius 1 is 1.41 bits per heavy atom. The summed E-state index contributed by atoms with van der Waals surface area (Å²) < 4.78 is 4.94. The van der Waals surface area contributed by atoms with Crippen molar-refractivity contribution >= 4 is 5.97 Å². The monoisotopic (exact) mass is 233 g/mol. The Kier molecular flexibility index (Phi) is 3.79. The second-order valence-corrected chi connectivity index (χ2v) is 4.49. The van der Waals surface area contributed by atoms with Crippen LogP contribution in [0.4, 0.5) is 0 Å². The number of cyclic esters (lactones) is 1. The van der Waals surface area contributed by atoms with Crippen LogP contribution < -0.4 is 5.32 Å². The molecule has 2 atom stereocenters. The molecule has 92 valence electrons. The van der Waals surface area contributed by atoms with Crippen molar-refractivity contribution in [3.8, 4) is 0 Å². The van der Waals surface area contributed by atoms with Crippen LogP contribution in [-0.4, -0.2) is 18.6 Å². The van der Waals surface area contributed by atoms with Gasteiger partial charge in [-0.15, -0.1) is 0 Å². The number of ether oxygens (including phenoxy) is 1. The highest BCUT2D eigenvalue weighted by Gasteiger charge is 2.27. The third-order valence-corrected chi connectivity index (χ3v) is 3.27. The summed E-state index contributed by atoms with van der Waals surface area (Å²) in [6.45, 7) is 4.76. The molecular weight excluding hydrogens is 214 g/mol. The van der Waals surface area contributed by atoms with E-state index in [-0.39, 0.29) is 18.1 Å². The van der Waals surface area contributed by atoms with Gasteiger partial charge in [0.15, 0.2) is 0 Å². The number of esters is 1. The van der Waals surface area contributed by atoms with Gasteiger partial charge in [-0.3, -0.25) is 10.1 Å². The smallest absolute Gasteiger partial charge is 0.323 e. The van der Waals surface area contributed by atoms with Gasteiger partial charge in [-0.1, -0.05) is 31.2 Å². The van der Waals surface area contributed by atoms with Gasteiger partial charge < -0.3 is 4.74 Å². The van der Waals surface area contributed by atoms with Gasteiger partial charge in [-0.05, 0) is 24.5 Å². The van der Waals surface area contributed by atoms with Crippen LogP contribution in [0, 0.1) is 0 Å². The van der Waals surface area contributed by atoms with E-state index < -0.39 is 0 Å². The SMILES string of the molecule is CCc1ccc(C(C)NC2CCOC2=O)cc1. The second kappa shape index (κ2) is 5.32. The van der Waals surface area contributed by atoms with Crippen molar-refractivity contribution in [2.75, 3.05) is 6.61 Å². The summed E-state index contributed by atoms with van der Waals surface area (Å²) in [5.74, 6) is -0.123. The van der Waals surface area contributed by atoms with Crippen LogP contribution in [0.3, 0.4) is 0 Å². The molecule has 1 aromatic carbocycles. The van der Waals surface area contributed by atoms with Crippen molar-refractivity contribution in [1.82, 2.24) is 5.32 Å². The van der Waals surface area contributed by atoms with Crippen LogP contribution in [0.1, 0.15) is 37.4 Å². The minimum atomic E-state index is -0.143.